The van der Waals surface area contributed by atoms with Gasteiger partial charge < -0.3 is 10.6 Å². The maximum atomic E-state index is 12.5. The summed E-state index contributed by atoms with van der Waals surface area (Å²) in [5.74, 6) is -0.390. The van der Waals surface area contributed by atoms with Crippen LogP contribution in [0.4, 0.5) is 24.5 Å². The molecule has 1 aliphatic rings. The lowest BCUT2D eigenvalue weighted by Gasteiger charge is -2.12. The van der Waals surface area contributed by atoms with Crippen LogP contribution in [0.5, 0.6) is 0 Å². The van der Waals surface area contributed by atoms with E-state index in [0.717, 1.165) is 24.2 Å². The van der Waals surface area contributed by atoms with Crippen molar-refractivity contribution in [1.82, 2.24) is 0 Å². The van der Waals surface area contributed by atoms with E-state index in [1.54, 1.807) is 30.3 Å². The molecule has 1 amide bonds. The molecule has 0 aromatic heterocycles. The lowest BCUT2D eigenvalue weighted by Crippen LogP contribution is -2.16. The summed E-state index contributed by atoms with van der Waals surface area (Å²) in [5, 5.41) is 6.01. The topological polar surface area (TPSA) is 41.1 Å². The molecule has 0 aliphatic carbocycles. The molecule has 0 atom stereocenters. The van der Waals surface area contributed by atoms with E-state index in [2.05, 4.69) is 10.6 Å². The number of hydrogen-bond acceptors (Lipinski definition) is 2. The molecule has 134 valence electrons. The van der Waals surface area contributed by atoms with Crippen molar-refractivity contribution in [2.24, 2.45) is 0 Å². The van der Waals surface area contributed by atoms with Gasteiger partial charge in [0.1, 0.15) is 0 Å². The molecule has 1 heterocycles. The third-order valence-corrected chi connectivity index (χ3v) is 4.01. The average molecular weight is 371 g/mol. The number of aryl methyl sites for hydroxylation is 1. The highest BCUT2D eigenvalue weighted by molar-refractivity contribution is 6.05. The van der Waals surface area contributed by atoms with E-state index in [1.807, 2.05) is 12.1 Å². The first-order valence-electron chi connectivity index (χ1n) is 7.75. The summed E-state index contributed by atoms with van der Waals surface area (Å²) in [6.07, 6.45) is -4.50. The van der Waals surface area contributed by atoms with Crippen LogP contribution in [0.3, 0.4) is 0 Å². The number of hydrogen-bond donors (Lipinski definition) is 2. The fourth-order valence-electron chi connectivity index (χ4n) is 2.82. The standard InChI is InChI=1S/C18H17F3N2O.ClH/c19-18(20,21)9-7-12-3-1-2-4-15(12)17(24)23-14-5-6-16-13(11-14)8-10-22-16;/h1-6,11,22H,7-10H2,(H,23,24);1H. The Bertz CT molecular complexity index is 762. The molecule has 0 saturated carbocycles. The van der Waals surface area contributed by atoms with Gasteiger partial charge in [-0.3, -0.25) is 4.79 Å². The summed E-state index contributed by atoms with van der Waals surface area (Å²) in [5.41, 5.74) is 3.50. The van der Waals surface area contributed by atoms with E-state index < -0.39 is 18.5 Å². The van der Waals surface area contributed by atoms with E-state index in [0.29, 0.717) is 11.3 Å². The van der Waals surface area contributed by atoms with Crippen LogP contribution in [0, 0.1) is 0 Å². The molecule has 0 fully saturated rings. The quantitative estimate of drug-likeness (QED) is 0.809. The van der Waals surface area contributed by atoms with Crippen molar-refractivity contribution in [3.05, 3.63) is 59.2 Å². The van der Waals surface area contributed by atoms with Crippen molar-refractivity contribution in [3.8, 4) is 0 Å². The Hall–Kier alpha value is -2.21. The number of alkyl halides is 3. The Balaban J connectivity index is 0.00000225. The SMILES string of the molecule is Cl.O=C(Nc1ccc2c(c1)CCN2)c1ccccc1CCC(F)(F)F. The largest absolute Gasteiger partial charge is 0.389 e. The molecular formula is C18H18ClF3N2O. The van der Waals surface area contributed by atoms with Gasteiger partial charge in [-0.25, -0.2) is 0 Å². The molecule has 2 aromatic rings. The van der Waals surface area contributed by atoms with Crippen molar-refractivity contribution < 1.29 is 18.0 Å². The minimum absolute atomic E-state index is 0. The van der Waals surface area contributed by atoms with E-state index in [-0.39, 0.29) is 24.4 Å². The third-order valence-electron chi connectivity index (χ3n) is 4.01. The lowest BCUT2D eigenvalue weighted by atomic mass is 10.0. The zero-order chi connectivity index (χ0) is 17.2. The number of halogens is 4. The van der Waals surface area contributed by atoms with Crippen LogP contribution >= 0.6 is 12.4 Å². The second-order valence-corrected chi connectivity index (χ2v) is 5.78. The normalized spacial score (nSPS) is 12.8. The molecule has 0 bridgehead atoms. The van der Waals surface area contributed by atoms with Crippen LogP contribution in [0.25, 0.3) is 0 Å². The molecule has 0 radical (unpaired) electrons. The first kappa shape index (κ1) is 19.1. The van der Waals surface area contributed by atoms with Gasteiger partial charge in [0.05, 0.1) is 0 Å². The second kappa shape index (κ2) is 7.78. The Labute approximate surface area is 150 Å². The zero-order valence-electron chi connectivity index (χ0n) is 13.3. The molecule has 25 heavy (non-hydrogen) atoms. The summed E-state index contributed by atoms with van der Waals surface area (Å²) < 4.78 is 37.3. The van der Waals surface area contributed by atoms with Crippen molar-refractivity contribution in [1.29, 1.82) is 0 Å². The molecular weight excluding hydrogens is 353 g/mol. The predicted octanol–water partition coefficient (Wildman–Crippen LogP) is 4.82. The summed E-state index contributed by atoms with van der Waals surface area (Å²) >= 11 is 0. The third kappa shape index (κ3) is 4.89. The van der Waals surface area contributed by atoms with Crippen molar-refractivity contribution in [2.75, 3.05) is 17.2 Å². The van der Waals surface area contributed by atoms with Crippen molar-refractivity contribution in [2.45, 2.75) is 25.4 Å². The van der Waals surface area contributed by atoms with Crippen LogP contribution in [0.2, 0.25) is 0 Å². The molecule has 3 rings (SSSR count). The van der Waals surface area contributed by atoms with E-state index >= 15 is 0 Å². The van der Waals surface area contributed by atoms with Gasteiger partial charge in [-0.2, -0.15) is 13.2 Å². The van der Waals surface area contributed by atoms with Crippen LogP contribution in [-0.4, -0.2) is 18.6 Å². The number of amides is 1. The average Bonchev–Trinajstić information content (AvgIpc) is 3.00. The summed E-state index contributed by atoms with van der Waals surface area (Å²) in [4.78, 5) is 12.5. The van der Waals surface area contributed by atoms with Gasteiger partial charge in [0.25, 0.3) is 5.91 Å². The predicted molar refractivity (Wildman–Crippen MR) is 94.7 cm³/mol. The maximum absolute atomic E-state index is 12.5. The van der Waals surface area contributed by atoms with Crippen LogP contribution < -0.4 is 10.6 Å². The monoisotopic (exact) mass is 370 g/mol. The molecule has 0 unspecified atom stereocenters. The molecule has 0 spiro atoms. The highest BCUT2D eigenvalue weighted by atomic mass is 35.5. The minimum Gasteiger partial charge on any atom is -0.384 e. The first-order chi connectivity index (χ1) is 11.4. The molecule has 1 aliphatic heterocycles. The number of nitrogens with one attached hydrogen (secondary N) is 2. The Morgan fingerprint density at radius 1 is 1.16 bits per heavy atom. The van der Waals surface area contributed by atoms with Gasteiger partial charge >= 0.3 is 6.18 Å². The number of anilines is 2. The van der Waals surface area contributed by atoms with Gasteiger partial charge in [0, 0.05) is 29.9 Å². The molecule has 0 saturated heterocycles. The Kier molecular flexibility index (Phi) is 5.95. The highest BCUT2D eigenvalue weighted by Gasteiger charge is 2.27. The number of benzene rings is 2. The molecule has 2 N–H and O–H groups in total. The summed E-state index contributed by atoms with van der Waals surface area (Å²) in [7, 11) is 0. The van der Waals surface area contributed by atoms with Crippen LogP contribution in [0.1, 0.15) is 27.9 Å². The van der Waals surface area contributed by atoms with Gasteiger partial charge in [-0.15, -0.1) is 12.4 Å². The number of carbonyl (C=O) groups excluding carboxylic acids is 1. The Morgan fingerprint density at radius 3 is 2.68 bits per heavy atom. The lowest BCUT2D eigenvalue weighted by molar-refractivity contribution is -0.134. The van der Waals surface area contributed by atoms with E-state index in [4.69, 9.17) is 0 Å². The Morgan fingerprint density at radius 2 is 1.92 bits per heavy atom. The van der Waals surface area contributed by atoms with E-state index in [1.165, 1.54) is 0 Å². The van der Waals surface area contributed by atoms with Crippen molar-refractivity contribution >= 4 is 29.7 Å². The van der Waals surface area contributed by atoms with Gasteiger partial charge in [-0.1, -0.05) is 18.2 Å². The summed E-state index contributed by atoms with van der Waals surface area (Å²) in [6.45, 7) is 0.868. The van der Waals surface area contributed by atoms with E-state index in [9.17, 15) is 18.0 Å². The van der Waals surface area contributed by atoms with Gasteiger partial charge in [-0.05, 0) is 48.2 Å². The van der Waals surface area contributed by atoms with Crippen LogP contribution in [-0.2, 0) is 12.8 Å². The van der Waals surface area contributed by atoms with Crippen molar-refractivity contribution in [3.63, 3.8) is 0 Å². The fraction of sp³-hybridized carbons (Fsp3) is 0.278. The number of rotatable bonds is 4. The zero-order valence-corrected chi connectivity index (χ0v) is 14.1. The number of fused-ring (bicyclic) bond motifs is 1. The fourth-order valence-corrected chi connectivity index (χ4v) is 2.82. The minimum atomic E-state index is -4.24. The van der Waals surface area contributed by atoms with Gasteiger partial charge in [0.2, 0.25) is 0 Å². The smallest absolute Gasteiger partial charge is 0.384 e. The molecule has 2 aromatic carbocycles. The second-order valence-electron chi connectivity index (χ2n) is 5.78. The molecule has 7 heteroatoms. The first-order valence-corrected chi connectivity index (χ1v) is 7.75. The number of carbonyl (C=O) groups is 1. The highest BCUT2D eigenvalue weighted by Crippen LogP contribution is 2.26. The van der Waals surface area contributed by atoms with Crippen LogP contribution in [0.15, 0.2) is 42.5 Å². The molecule has 3 nitrogen and oxygen atoms in total. The maximum Gasteiger partial charge on any atom is 0.389 e. The summed E-state index contributed by atoms with van der Waals surface area (Å²) in [6, 6.07) is 12.0. The van der Waals surface area contributed by atoms with Gasteiger partial charge in [0.15, 0.2) is 0 Å².